The fourth-order valence-corrected chi connectivity index (χ4v) is 3.06. The Hall–Kier alpha value is -2.34. The number of benzene rings is 1. The molecule has 0 aliphatic carbocycles. The molecule has 1 N–H and O–H groups in total. The normalized spacial score (nSPS) is 16.9. The first kappa shape index (κ1) is 16.5. The minimum atomic E-state index is -0.682. The summed E-state index contributed by atoms with van der Waals surface area (Å²) in [5.41, 5.74) is 0.906. The molecule has 126 valence electrons. The number of nitrogens with zero attached hydrogens (tertiary/aromatic N) is 2. The van der Waals surface area contributed by atoms with Crippen molar-refractivity contribution in [1.29, 1.82) is 0 Å². The highest BCUT2D eigenvalue weighted by Gasteiger charge is 2.28. The third-order valence-electron chi connectivity index (χ3n) is 4.44. The predicted octanol–water partition coefficient (Wildman–Crippen LogP) is 2.95. The molecule has 1 atom stereocenters. The van der Waals surface area contributed by atoms with Gasteiger partial charge < -0.3 is 10.0 Å². The lowest BCUT2D eigenvalue weighted by molar-refractivity contribution is 0.0461. The van der Waals surface area contributed by atoms with Crippen molar-refractivity contribution in [3.8, 4) is 0 Å². The second-order valence-corrected chi connectivity index (χ2v) is 6.02. The molecule has 6 heteroatoms. The molecular formula is C18H18F2N2O2. The summed E-state index contributed by atoms with van der Waals surface area (Å²) in [5, 5.41) is 10.4. The summed E-state index contributed by atoms with van der Waals surface area (Å²) in [5.74, 6) is -1.13. The first-order chi connectivity index (χ1) is 11.5. The van der Waals surface area contributed by atoms with E-state index in [9.17, 15) is 18.7 Å². The average Bonchev–Trinajstić information content (AvgIpc) is 2.61. The van der Waals surface area contributed by atoms with Gasteiger partial charge in [0, 0.05) is 19.3 Å². The van der Waals surface area contributed by atoms with Crippen LogP contribution in [0.25, 0.3) is 0 Å². The minimum absolute atomic E-state index is 0.00476. The highest BCUT2D eigenvalue weighted by Crippen LogP contribution is 2.31. The maximum atomic E-state index is 13.2. The van der Waals surface area contributed by atoms with Crippen LogP contribution in [0.1, 0.15) is 34.9 Å². The van der Waals surface area contributed by atoms with E-state index in [0.29, 0.717) is 31.5 Å². The molecule has 1 aliphatic rings. The number of carbonyl (C=O) groups excluding carboxylic acids is 1. The summed E-state index contributed by atoms with van der Waals surface area (Å²) in [4.78, 5) is 17.7. The van der Waals surface area contributed by atoms with Gasteiger partial charge in [-0.2, -0.15) is 0 Å². The van der Waals surface area contributed by atoms with E-state index in [-0.39, 0.29) is 23.2 Å². The number of halogens is 2. The smallest absolute Gasteiger partial charge is 0.255 e. The molecule has 0 bridgehead atoms. The standard InChI is InChI=1S/C18H18F2N2O2/c19-15-3-1-12(2-4-15)17(23)13-5-7-22(8-6-13)18(24)14-9-16(20)11-21-10-14/h1-4,9-11,13,17,23H,5-8H2. The fraction of sp³-hybridized carbons (Fsp3) is 0.333. The summed E-state index contributed by atoms with van der Waals surface area (Å²) in [6.45, 7) is 0.969. The van der Waals surface area contributed by atoms with Crippen molar-refractivity contribution in [2.75, 3.05) is 13.1 Å². The van der Waals surface area contributed by atoms with Crippen LogP contribution in [0.4, 0.5) is 8.78 Å². The Labute approximate surface area is 138 Å². The van der Waals surface area contributed by atoms with Crippen LogP contribution in [0.3, 0.4) is 0 Å². The zero-order valence-electron chi connectivity index (χ0n) is 13.0. The van der Waals surface area contributed by atoms with Gasteiger partial charge >= 0.3 is 0 Å². The molecule has 1 unspecified atom stereocenters. The van der Waals surface area contributed by atoms with Gasteiger partial charge in [0.15, 0.2) is 0 Å². The highest BCUT2D eigenvalue weighted by molar-refractivity contribution is 5.93. The number of rotatable bonds is 3. The summed E-state index contributed by atoms with van der Waals surface area (Å²) in [6.07, 6.45) is 2.99. The number of likely N-dealkylation sites (tertiary alicyclic amines) is 1. The molecular weight excluding hydrogens is 314 g/mol. The molecule has 1 aromatic heterocycles. The van der Waals surface area contributed by atoms with Crippen LogP contribution in [0.2, 0.25) is 0 Å². The van der Waals surface area contributed by atoms with E-state index >= 15 is 0 Å². The SMILES string of the molecule is O=C(c1cncc(F)c1)N1CCC(C(O)c2ccc(F)cc2)CC1. The Balaban J connectivity index is 1.61. The van der Waals surface area contributed by atoms with E-state index in [2.05, 4.69) is 4.98 Å². The highest BCUT2D eigenvalue weighted by atomic mass is 19.1. The number of piperidine rings is 1. The van der Waals surface area contributed by atoms with Crippen LogP contribution in [0.5, 0.6) is 0 Å². The van der Waals surface area contributed by atoms with E-state index in [1.807, 2.05) is 0 Å². The van der Waals surface area contributed by atoms with E-state index in [1.165, 1.54) is 24.4 Å². The van der Waals surface area contributed by atoms with Crippen LogP contribution < -0.4 is 0 Å². The number of carbonyl (C=O) groups is 1. The van der Waals surface area contributed by atoms with E-state index < -0.39 is 11.9 Å². The quantitative estimate of drug-likeness (QED) is 0.940. The van der Waals surface area contributed by atoms with Crippen molar-refractivity contribution in [1.82, 2.24) is 9.88 Å². The maximum absolute atomic E-state index is 13.2. The lowest BCUT2D eigenvalue weighted by Crippen LogP contribution is -2.39. The topological polar surface area (TPSA) is 53.4 Å². The Morgan fingerprint density at radius 2 is 1.79 bits per heavy atom. The zero-order chi connectivity index (χ0) is 17.1. The van der Waals surface area contributed by atoms with Crippen molar-refractivity contribution in [3.63, 3.8) is 0 Å². The van der Waals surface area contributed by atoms with E-state index in [0.717, 1.165) is 6.20 Å². The largest absolute Gasteiger partial charge is 0.388 e. The molecule has 0 radical (unpaired) electrons. The van der Waals surface area contributed by atoms with Crippen LogP contribution in [0, 0.1) is 17.6 Å². The molecule has 3 rings (SSSR count). The van der Waals surface area contributed by atoms with Gasteiger partial charge in [-0.15, -0.1) is 0 Å². The van der Waals surface area contributed by atoms with Crippen molar-refractivity contribution in [2.45, 2.75) is 18.9 Å². The number of hydrogen-bond donors (Lipinski definition) is 1. The molecule has 24 heavy (non-hydrogen) atoms. The number of aromatic nitrogens is 1. The summed E-state index contributed by atoms with van der Waals surface area (Å²) < 4.78 is 26.2. The molecule has 2 heterocycles. The first-order valence-corrected chi connectivity index (χ1v) is 7.88. The van der Waals surface area contributed by atoms with Gasteiger partial charge in [0.25, 0.3) is 5.91 Å². The molecule has 2 aromatic rings. The van der Waals surface area contributed by atoms with E-state index in [4.69, 9.17) is 0 Å². The van der Waals surface area contributed by atoms with Gasteiger partial charge in [-0.1, -0.05) is 12.1 Å². The molecule has 4 nitrogen and oxygen atoms in total. The van der Waals surface area contributed by atoms with Gasteiger partial charge in [0.05, 0.1) is 17.9 Å². The number of aliphatic hydroxyl groups excluding tert-OH is 1. The summed E-state index contributed by atoms with van der Waals surface area (Å²) in [6, 6.07) is 6.99. The second-order valence-electron chi connectivity index (χ2n) is 6.02. The Morgan fingerprint density at radius 1 is 1.12 bits per heavy atom. The number of hydrogen-bond acceptors (Lipinski definition) is 3. The fourth-order valence-electron chi connectivity index (χ4n) is 3.06. The molecule has 1 aromatic carbocycles. The van der Waals surface area contributed by atoms with Crippen LogP contribution in [0.15, 0.2) is 42.7 Å². The first-order valence-electron chi connectivity index (χ1n) is 7.88. The van der Waals surface area contributed by atoms with Gasteiger partial charge in [0.1, 0.15) is 11.6 Å². The van der Waals surface area contributed by atoms with Crippen molar-refractivity contribution in [2.24, 2.45) is 5.92 Å². The van der Waals surface area contributed by atoms with Crippen LogP contribution in [-0.2, 0) is 0 Å². The number of amides is 1. The Bertz CT molecular complexity index is 713. The van der Waals surface area contributed by atoms with Gasteiger partial charge in [-0.05, 0) is 42.5 Å². The van der Waals surface area contributed by atoms with Crippen LogP contribution in [-0.4, -0.2) is 34.0 Å². The van der Waals surface area contributed by atoms with Crippen molar-refractivity contribution < 1.29 is 18.7 Å². The number of aliphatic hydroxyl groups is 1. The Morgan fingerprint density at radius 3 is 2.42 bits per heavy atom. The van der Waals surface area contributed by atoms with Crippen LogP contribution >= 0.6 is 0 Å². The molecule has 1 saturated heterocycles. The number of pyridine rings is 1. The molecule has 1 fully saturated rings. The lowest BCUT2D eigenvalue weighted by atomic mass is 9.87. The monoisotopic (exact) mass is 332 g/mol. The maximum Gasteiger partial charge on any atom is 0.255 e. The van der Waals surface area contributed by atoms with Crippen molar-refractivity contribution >= 4 is 5.91 Å². The molecule has 0 saturated carbocycles. The average molecular weight is 332 g/mol. The summed E-state index contributed by atoms with van der Waals surface area (Å²) in [7, 11) is 0. The molecule has 1 amide bonds. The lowest BCUT2D eigenvalue weighted by Gasteiger charge is -2.34. The third kappa shape index (κ3) is 3.59. The summed E-state index contributed by atoms with van der Waals surface area (Å²) >= 11 is 0. The molecule has 0 spiro atoms. The van der Waals surface area contributed by atoms with E-state index in [1.54, 1.807) is 17.0 Å². The molecule has 1 aliphatic heterocycles. The van der Waals surface area contributed by atoms with Gasteiger partial charge in [-0.25, -0.2) is 8.78 Å². The third-order valence-corrected chi connectivity index (χ3v) is 4.44. The predicted molar refractivity (Wildman–Crippen MR) is 84.2 cm³/mol. The second kappa shape index (κ2) is 7.05. The van der Waals surface area contributed by atoms with Gasteiger partial charge in [-0.3, -0.25) is 9.78 Å². The zero-order valence-corrected chi connectivity index (χ0v) is 13.0. The Kier molecular flexibility index (Phi) is 4.85. The van der Waals surface area contributed by atoms with Gasteiger partial charge in [0.2, 0.25) is 0 Å². The van der Waals surface area contributed by atoms with Crippen molar-refractivity contribution in [3.05, 3.63) is 65.5 Å². The minimum Gasteiger partial charge on any atom is -0.388 e.